The third-order valence-corrected chi connectivity index (χ3v) is 6.03. The Bertz CT molecular complexity index is 921. The Hall–Kier alpha value is -3.06. The number of amides is 1. The maximum Gasteiger partial charge on any atom is 0.270 e. The Morgan fingerprint density at radius 2 is 1.76 bits per heavy atom. The lowest BCUT2D eigenvalue weighted by atomic mass is 9.90. The lowest BCUT2D eigenvalue weighted by Gasteiger charge is -2.32. The lowest BCUT2D eigenvalue weighted by Crippen LogP contribution is -2.37. The number of carbonyl (C=O) groups excluding carboxylic acids is 1. The monoisotopic (exact) mass is 385 g/mol. The number of nitrogens with zero attached hydrogens (tertiary/aromatic N) is 3. The van der Waals surface area contributed by atoms with Crippen LogP contribution < -0.4 is 4.90 Å². The SMILES string of the molecule is N#C/C(=C/N1CCC(Cc2ccccc2)CC1)C(=O)N1CCCc2ccccc21. The number of hydrogen-bond donors (Lipinski definition) is 0. The van der Waals surface area contributed by atoms with Crippen LogP contribution in [0.15, 0.2) is 66.4 Å². The van der Waals surface area contributed by atoms with Gasteiger partial charge >= 0.3 is 0 Å². The molecular weight excluding hydrogens is 358 g/mol. The van der Waals surface area contributed by atoms with Gasteiger partial charge in [0.25, 0.3) is 5.91 Å². The maximum atomic E-state index is 13.1. The molecule has 0 spiro atoms. The number of nitriles is 1. The van der Waals surface area contributed by atoms with Crippen LogP contribution in [0.25, 0.3) is 0 Å². The molecule has 4 heteroatoms. The van der Waals surface area contributed by atoms with E-state index in [1.807, 2.05) is 18.2 Å². The molecule has 0 N–H and O–H groups in total. The molecule has 2 heterocycles. The quantitative estimate of drug-likeness (QED) is 0.581. The van der Waals surface area contributed by atoms with Crippen molar-refractivity contribution in [2.45, 2.75) is 32.1 Å². The summed E-state index contributed by atoms with van der Waals surface area (Å²) in [6, 6.07) is 20.8. The van der Waals surface area contributed by atoms with E-state index in [0.29, 0.717) is 12.5 Å². The average Bonchev–Trinajstić information content (AvgIpc) is 2.78. The fourth-order valence-corrected chi connectivity index (χ4v) is 4.44. The molecule has 0 unspecified atom stereocenters. The van der Waals surface area contributed by atoms with Crippen molar-refractivity contribution in [1.82, 2.24) is 4.90 Å². The van der Waals surface area contributed by atoms with Gasteiger partial charge in [0.15, 0.2) is 0 Å². The summed E-state index contributed by atoms with van der Waals surface area (Å²) >= 11 is 0. The van der Waals surface area contributed by atoms with Gasteiger partial charge in [0, 0.05) is 31.5 Å². The van der Waals surface area contributed by atoms with Crippen molar-refractivity contribution in [3.8, 4) is 6.07 Å². The molecule has 1 fully saturated rings. The van der Waals surface area contributed by atoms with E-state index in [4.69, 9.17) is 0 Å². The standard InChI is InChI=1S/C25H27N3O/c26-18-23(25(29)28-14-6-10-22-9-4-5-11-24(22)28)19-27-15-12-21(13-16-27)17-20-7-2-1-3-8-20/h1-5,7-9,11,19,21H,6,10,12-17H2/b23-19-. The normalized spacial score (nSPS) is 17.6. The van der Waals surface area contributed by atoms with Gasteiger partial charge in [-0.2, -0.15) is 5.26 Å². The summed E-state index contributed by atoms with van der Waals surface area (Å²) in [5.74, 6) is 0.489. The van der Waals surface area contributed by atoms with E-state index in [-0.39, 0.29) is 11.5 Å². The van der Waals surface area contributed by atoms with Crippen molar-refractivity contribution < 1.29 is 4.79 Å². The molecule has 2 aromatic carbocycles. The van der Waals surface area contributed by atoms with E-state index in [9.17, 15) is 10.1 Å². The minimum atomic E-state index is -0.175. The smallest absolute Gasteiger partial charge is 0.270 e. The van der Waals surface area contributed by atoms with Crippen molar-refractivity contribution in [2.24, 2.45) is 5.92 Å². The molecule has 2 aromatic rings. The van der Waals surface area contributed by atoms with Gasteiger partial charge in [0.2, 0.25) is 0 Å². The first-order valence-corrected chi connectivity index (χ1v) is 10.5. The highest BCUT2D eigenvalue weighted by Crippen LogP contribution is 2.28. The third kappa shape index (κ3) is 4.51. The van der Waals surface area contributed by atoms with Gasteiger partial charge < -0.3 is 9.80 Å². The minimum Gasteiger partial charge on any atom is -0.376 e. The Kier molecular flexibility index (Phi) is 5.95. The summed E-state index contributed by atoms with van der Waals surface area (Å²) < 4.78 is 0. The molecule has 0 aromatic heterocycles. The fraction of sp³-hybridized carbons (Fsp3) is 0.360. The van der Waals surface area contributed by atoms with Crippen LogP contribution in [-0.4, -0.2) is 30.4 Å². The fourth-order valence-electron chi connectivity index (χ4n) is 4.44. The van der Waals surface area contributed by atoms with Crippen LogP contribution in [0.1, 0.15) is 30.4 Å². The van der Waals surface area contributed by atoms with Crippen LogP contribution in [0.5, 0.6) is 0 Å². The predicted molar refractivity (Wildman–Crippen MR) is 115 cm³/mol. The number of piperidine rings is 1. The first-order chi connectivity index (χ1) is 14.2. The second-order valence-electron chi connectivity index (χ2n) is 8.01. The number of anilines is 1. The highest BCUT2D eigenvalue weighted by atomic mass is 16.2. The summed E-state index contributed by atoms with van der Waals surface area (Å²) in [7, 11) is 0. The molecule has 148 valence electrons. The van der Waals surface area contributed by atoms with E-state index >= 15 is 0 Å². The van der Waals surface area contributed by atoms with Crippen molar-refractivity contribution in [3.05, 3.63) is 77.5 Å². The van der Waals surface area contributed by atoms with Gasteiger partial charge in [-0.05, 0) is 55.2 Å². The zero-order valence-corrected chi connectivity index (χ0v) is 16.8. The van der Waals surface area contributed by atoms with Crippen LogP contribution in [0, 0.1) is 17.2 Å². The molecule has 0 bridgehead atoms. The third-order valence-electron chi connectivity index (χ3n) is 6.03. The zero-order valence-electron chi connectivity index (χ0n) is 16.8. The molecular formula is C25H27N3O. The number of rotatable bonds is 4. The maximum absolute atomic E-state index is 13.1. The highest BCUT2D eigenvalue weighted by Gasteiger charge is 2.26. The summed E-state index contributed by atoms with van der Waals surface area (Å²) in [5.41, 5.74) is 3.76. The van der Waals surface area contributed by atoms with Gasteiger partial charge in [-0.25, -0.2) is 0 Å². The van der Waals surface area contributed by atoms with Crippen LogP contribution in [0.3, 0.4) is 0 Å². The Morgan fingerprint density at radius 3 is 2.52 bits per heavy atom. The summed E-state index contributed by atoms with van der Waals surface area (Å²) in [5, 5.41) is 9.66. The Balaban J connectivity index is 1.40. The number of hydrogen-bond acceptors (Lipinski definition) is 3. The topological polar surface area (TPSA) is 47.3 Å². The van der Waals surface area contributed by atoms with E-state index < -0.39 is 0 Å². The molecule has 29 heavy (non-hydrogen) atoms. The molecule has 2 aliphatic rings. The minimum absolute atomic E-state index is 0.175. The van der Waals surface area contributed by atoms with Gasteiger partial charge in [0.05, 0.1) is 0 Å². The van der Waals surface area contributed by atoms with Crippen LogP contribution in [0.4, 0.5) is 5.69 Å². The number of aryl methyl sites for hydroxylation is 1. The summed E-state index contributed by atoms with van der Waals surface area (Å²) in [4.78, 5) is 17.0. The number of likely N-dealkylation sites (tertiary alicyclic amines) is 1. The zero-order chi connectivity index (χ0) is 20.1. The molecule has 0 saturated carbocycles. The van der Waals surface area contributed by atoms with Gasteiger partial charge in [-0.15, -0.1) is 0 Å². The van der Waals surface area contributed by atoms with Gasteiger partial charge in [-0.3, -0.25) is 4.79 Å². The Morgan fingerprint density at radius 1 is 1.03 bits per heavy atom. The van der Waals surface area contributed by atoms with E-state index in [1.165, 1.54) is 11.1 Å². The largest absolute Gasteiger partial charge is 0.376 e. The van der Waals surface area contributed by atoms with Crippen molar-refractivity contribution in [3.63, 3.8) is 0 Å². The van der Waals surface area contributed by atoms with Gasteiger partial charge in [-0.1, -0.05) is 48.5 Å². The van der Waals surface area contributed by atoms with Gasteiger partial charge in [0.1, 0.15) is 11.6 Å². The second-order valence-corrected chi connectivity index (χ2v) is 8.01. The van der Waals surface area contributed by atoms with Crippen molar-refractivity contribution >= 4 is 11.6 Å². The lowest BCUT2D eigenvalue weighted by molar-refractivity contribution is -0.114. The molecule has 2 aliphatic heterocycles. The van der Waals surface area contributed by atoms with E-state index in [1.54, 1.807) is 11.1 Å². The number of benzene rings is 2. The van der Waals surface area contributed by atoms with E-state index in [0.717, 1.165) is 50.9 Å². The molecule has 0 aliphatic carbocycles. The average molecular weight is 386 g/mol. The molecule has 1 amide bonds. The number of para-hydroxylation sites is 1. The van der Waals surface area contributed by atoms with Crippen molar-refractivity contribution in [2.75, 3.05) is 24.5 Å². The number of carbonyl (C=O) groups is 1. The summed E-state index contributed by atoms with van der Waals surface area (Å²) in [6.45, 7) is 2.47. The highest BCUT2D eigenvalue weighted by molar-refractivity contribution is 6.08. The first-order valence-electron chi connectivity index (χ1n) is 10.5. The van der Waals surface area contributed by atoms with Crippen LogP contribution in [0.2, 0.25) is 0 Å². The van der Waals surface area contributed by atoms with Crippen LogP contribution >= 0.6 is 0 Å². The molecule has 4 nitrogen and oxygen atoms in total. The molecule has 0 atom stereocenters. The van der Waals surface area contributed by atoms with Crippen LogP contribution in [-0.2, 0) is 17.6 Å². The first kappa shape index (κ1) is 19.3. The second kappa shape index (κ2) is 8.96. The van der Waals surface area contributed by atoms with Crippen molar-refractivity contribution in [1.29, 1.82) is 5.26 Å². The number of fused-ring (bicyclic) bond motifs is 1. The molecule has 4 rings (SSSR count). The predicted octanol–water partition coefficient (Wildman–Crippen LogP) is 4.33. The summed E-state index contributed by atoms with van der Waals surface area (Å²) in [6.07, 6.45) is 6.99. The molecule has 1 saturated heterocycles. The van der Waals surface area contributed by atoms with E-state index in [2.05, 4.69) is 47.4 Å². The Labute approximate surface area is 173 Å². The molecule has 0 radical (unpaired) electrons.